The normalized spacial score (nSPS) is 40.3. The third-order valence-corrected chi connectivity index (χ3v) is 3.90. The van der Waals surface area contributed by atoms with Gasteiger partial charge in [0.1, 0.15) is 0 Å². The average Bonchev–Trinajstić information content (AvgIpc) is 2.52. The van der Waals surface area contributed by atoms with Crippen LogP contribution in [0.2, 0.25) is 0 Å². The Bertz CT molecular complexity index is 181. The third kappa shape index (κ3) is 2.48. The number of piperidine rings is 1. The van der Waals surface area contributed by atoms with Crippen LogP contribution in [0.5, 0.6) is 0 Å². The van der Waals surface area contributed by atoms with E-state index in [1.165, 1.54) is 45.3 Å². The van der Waals surface area contributed by atoms with Gasteiger partial charge in [-0.2, -0.15) is 0 Å². The molecule has 2 aliphatic heterocycles. The summed E-state index contributed by atoms with van der Waals surface area (Å²) < 4.78 is 0. The second-order valence-corrected chi connectivity index (χ2v) is 5.27. The summed E-state index contributed by atoms with van der Waals surface area (Å²) >= 11 is 0. The van der Waals surface area contributed by atoms with Crippen LogP contribution >= 0.6 is 0 Å². The van der Waals surface area contributed by atoms with E-state index in [4.69, 9.17) is 0 Å². The smallest absolute Gasteiger partial charge is 0.0197 e. The molecule has 0 spiro atoms. The van der Waals surface area contributed by atoms with E-state index in [1.807, 2.05) is 0 Å². The van der Waals surface area contributed by atoms with Crippen molar-refractivity contribution in [3.8, 4) is 0 Å². The van der Waals surface area contributed by atoms with E-state index in [1.54, 1.807) is 0 Å². The third-order valence-electron chi connectivity index (χ3n) is 3.90. The van der Waals surface area contributed by atoms with Gasteiger partial charge in [0, 0.05) is 18.6 Å². The molecule has 2 heterocycles. The summed E-state index contributed by atoms with van der Waals surface area (Å²) in [5.41, 5.74) is 0. The van der Waals surface area contributed by atoms with Crippen LogP contribution in [0.25, 0.3) is 0 Å². The maximum atomic E-state index is 3.66. The maximum absolute atomic E-state index is 3.66. The summed E-state index contributed by atoms with van der Waals surface area (Å²) in [5, 5.41) is 3.66. The highest BCUT2D eigenvalue weighted by Gasteiger charge is 2.25. The molecular formula is C12H24N2. The highest BCUT2D eigenvalue weighted by molar-refractivity contribution is 4.83. The Balaban J connectivity index is 1.78. The number of likely N-dealkylation sites (tertiary alicyclic amines) is 1. The zero-order valence-corrected chi connectivity index (χ0v) is 9.63. The van der Waals surface area contributed by atoms with Crippen LogP contribution in [0, 0.1) is 5.92 Å². The van der Waals surface area contributed by atoms with E-state index in [2.05, 4.69) is 24.1 Å². The van der Waals surface area contributed by atoms with Crippen LogP contribution in [0.4, 0.5) is 0 Å². The van der Waals surface area contributed by atoms with E-state index in [9.17, 15) is 0 Å². The van der Waals surface area contributed by atoms with E-state index < -0.39 is 0 Å². The Morgan fingerprint density at radius 3 is 2.79 bits per heavy atom. The summed E-state index contributed by atoms with van der Waals surface area (Å²) in [7, 11) is 0. The lowest BCUT2D eigenvalue weighted by Crippen LogP contribution is -2.46. The molecule has 14 heavy (non-hydrogen) atoms. The molecular weight excluding hydrogens is 172 g/mol. The Morgan fingerprint density at radius 1 is 1.29 bits per heavy atom. The first kappa shape index (κ1) is 10.4. The minimum absolute atomic E-state index is 0.763. The highest BCUT2D eigenvalue weighted by atomic mass is 15.2. The maximum Gasteiger partial charge on any atom is 0.0197 e. The largest absolute Gasteiger partial charge is 0.313 e. The lowest BCUT2D eigenvalue weighted by atomic mass is 9.94. The molecule has 0 aromatic carbocycles. The molecule has 0 radical (unpaired) electrons. The first-order valence-electron chi connectivity index (χ1n) is 6.23. The molecule has 0 saturated carbocycles. The van der Waals surface area contributed by atoms with Gasteiger partial charge in [0.2, 0.25) is 0 Å². The van der Waals surface area contributed by atoms with E-state index in [0.29, 0.717) is 0 Å². The van der Waals surface area contributed by atoms with Gasteiger partial charge in [-0.25, -0.2) is 0 Å². The first-order chi connectivity index (χ1) is 6.75. The van der Waals surface area contributed by atoms with Gasteiger partial charge in [0.05, 0.1) is 0 Å². The molecule has 0 bridgehead atoms. The number of hydrogen-bond acceptors (Lipinski definition) is 2. The summed E-state index contributed by atoms with van der Waals surface area (Å²) in [4.78, 5) is 2.66. The molecule has 0 aromatic heterocycles. The summed E-state index contributed by atoms with van der Waals surface area (Å²) in [6.45, 7) is 8.60. The standard InChI is InChI=1S/C12H24N2/c1-10-5-6-13-12(8-10)9-14-7-3-4-11(14)2/h10-13H,3-9H2,1-2H3. The van der Waals surface area contributed by atoms with Crippen molar-refractivity contribution in [1.29, 1.82) is 0 Å². The number of nitrogens with zero attached hydrogens (tertiary/aromatic N) is 1. The number of hydrogen-bond donors (Lipinski definition) is 1. The molecule has 0 amide bonds. The van der Waals surface area contributed by atoms with Crippen LogP contribution in [0.1, 0.15) is 39.5 Å². The van der Waals surface area contributed by atoms with Crippen molar-refractivity contribution in [3.05, 3.63) is 0 Å². The molecule has 0 aliphatic carbocycles. The van der Waals surface area contributed by atoms with Gasteiger partial charge in [0.15, 0.2) is 0 Å². The molecule has 1 N–H and O–H groups in total. The van der Waals surface area contributed by atoms with Crippen LogP contribution < -0.4 is 5.32 Å². The predicted octanol–water partition coefficient (Wildman–Crippen LogP) is 1.86. The van der Waals surface area contributed by atoms with E-state index in [-0.39, 0.29) is 0 Å². The average molecular weight is 196 g/mol. The summed E-state index contributed by atoms with van der Waals surface area (Å²) in [6.07, 6.45) is 5.56. The fourth-order valence-electron chi connectivity index (χ4n) is 2.91. The molecule has 2 saturated heterocycles. The van der Waals surface area contributed by atoms with Crippen molar-refractivity contribution in [1.82, 2.24) is 10.2 Å². The first-order valence-corrected chi connectivity index (χ1v) is 6.23. The van der Waals surface area contributed by atoms with Gasteiger partial charge in [-0.1, -0.05) is 6.92 Å². The van der Waals surface area contributed by atoms with Gasteiger partial charge in [-0.3, -0.25) is 4.90 Å². The Morgan fingerprint density at radius 2 is 2.14 bits per heavy atom. The van der Waals surface area contributed by atoms with Crippen LogP contribution in [0.3, 0.4) is 0 Å². The van der Waals surface area contributed by atoms with Gasteiger partial charge in [-0.15, -0.1) is 0 Å². The predicted molar refractivity (Wildman–Crippen MR) is 60.5 cm³/mol. The van der Waals surface area contributed by atoms with E-state index in [0.717, 1.165) is 18.0 Å². The zero-order valence-electron chi connectivity index (χ0n) is 9.63. The van der Waals surface area contributed by atoms with Crippen molar-refractivity contribution < 1.29 is 0 Å². The minimum Gasteiger partial charge on any atom is -0.313 e. The molecule has 2 nitrogen and oxygen atoms in total. The van der Waals surface area contributed by atoms with Crippen molar-refractivity contribution in [2.45, 2.75) is 51.6 Å². The number of rotatable bonds is 2. The fraction of sp³-hybridized carbons (Fsp3) is 1.00. The van der Waals surface area contributed by atoms with Crippen LogP contribution in [0.15, 0.2) is 0 Å². The monoisotopic (exact) mass is 196 g/mol. The molecule has 2 aliphatic rings. The molecule has 2 rings (SSSR count). The van der Waals surface area contributed by atoms with Gasteiger partial charge in [0.25, 0.3) is 0 Å². The van der Waals surface area contributed by atoms with Crippen molar-refractivity contribution in [2.24, 2.45) is 5.92 Å². The Hall–Kier alpha value is -0.0800. The summed E-state index contributed by atoms with van der Waals surface area (Å²) in [6, 6.07) is 1.59. The number of nitrogens with one attached hydrogen (secondary N) is 1. The molecule has 0 aromatic rings. The molecule has 3 atom stereocenters. The van der Waals surface area contributed by atoms with Crippen molar-refractivity contribution >= 4 is 0 Å². The lowest BCUT2D eigenvalue weighted by Gasteiger charge is -2.33. The highest BCUT2D eigenvalue weighted by Crippen LogP contribution is 2.20. The fourth-order valence-corrected chi connectivity index (χ4v) is 2.91. The minimum atomic E-state index is 0.763. The van der Waals surface area contributed by atoms with Crippen LogP contribution in [-0.4, -0.2) is 36.6 Å². The second-order valence-electron chi connectivity index (χ2n) is 5.27. The zero-order chi connectivity index (χ0) is 9.97. The van der Waals surface area contributed by atoms with Crippen molar-refractivity contribution in [2.75, 3.05) is 19.6 Å². The van der Waals surface area contributed by atoms with Gasteiger partial charge in [-0.05, 0) is 51.6 Å². The van der Waals surface area contributed by atoms with Gasteiger partial charge < -0.3 is 5.32 Å². The molecule has 82 valence electrons. The lowest BCUT2D eigenvalue weighted by molar-refractivity contribution is 0.202. The Labute approximate surface area is 88.1 Å². The van der Waals surface area contributed by atoms with E-state index >= 15 is 0 Å². The second kappa shape index (κ2) is 4.63. The molecule has 2 fully saturated rings. The van der Waals surface area contributed by atoms with Crippen LogP contribution in [-0.2, 0) is 0 Å². The molecule has 2 heteroatoms. The van der Waals surface area contributed by atoms with Crippen molar-refractivity contribution in [3.63, 3.8) is 0 Å². The molecule has 3 unspecified atom stereocenters. The van der Waals surface area contributed by atoms with Gasteiger partial charge >= 0.3 is 0 Å². The Kier molecular flexibility index (Phi) is 3.45. The quantitative estimate of drug-likeness (QED) is 0.725. The SMILES string of the molecule is CC1CCNC(CN2CCCC2C)C1. The topological polar surface area (TPSA) is 15.3 Å². The summed E-state index contributed by atoms with van der Waals surface area (Å²) in [5.74, 6) is 0.930.